The number of carbonyl (C=O) groups is 1. The fourth-order valence-corrected chi connectivity index (χ4v) is 3.58. The molecule has 1 aromatic carbocycles. The number of amides is 1. The molecule has 8 heteroatoms. The maximum absolute atomic E-state index is 11.7. The summed E-state index contributed by atoms with van der Waals surface area (Å²) >= 11 is 1.72. The Balaban J connectivity index is 1.40. The topological polar surface area (TPSA) is 87.6 Å². The first kappa shape index (κ1) is 22.1. The predicted octanol–water partition coefficient (Wildman–Crippen LogP) is 2.66. The van der Waals surface area contributed by atoms with Gasteiger partial charge in [0.25, 0.3) is 5.91 Å². The van der Waals surface area contributed by atoms with Gasteiger partial charge in [-0.1, -0.05) is 19.1 Å². The van der Waals surface area contributed by atoms with Gasteiger partial charge in [0.15, 0.2) is 12.6 Å². The summed E-state index contributed by atoms with van der Waals surface area (Å²) in [6.07, 6.45) is 5.98. The van der Waals surface area contributed by atoms with Crippen LogP contribution in [0.15, 0.2) is 35.5 Å². The third-order valence-corrected chi connectivity index (χ3v) is 5.73. The Labute approximate surface area is 182 Å². The molecule has 7 nitrogen and oxygen atoms in total. The Morgan fingerprint density at radius 2 is 2.03 bits per heavy atom. The fourth-order valence-electron chi connectivity index (χ4n) is 2.80. The number of ether oxygens (including phenoxy) is 1. The van der Waals surface area contributed by atoms with Crippen molar-refractivity contribution in [1.82, 2.24) is 20.9 Å². The average molecular weight is 430 g/mol. The van der Waals surface area contributed by atoms with Crippen LogP contribution in [0, 0.1) is 0 Å². The lowest BCUT2D eigenvalue weighted by Gasteiger charge is -2.11. The summed E-state index contributed by atoms with van der Waals surface area (Å²) in [5, 5.41) is 10.6. The first-order valence-corrected chi connectivity index (χ1v) is 11.4. The molecule has 1 aliphatic rings. The second kappa shape index (κ2) is 11.5. The molecule has 0 saturated heterocycles. The van der Waals surface area contributed by atoms with Crippen LogP contribution in [0.25, 0.3) is 0 Å². The zero-order valence-electron chi connectivity index (χ0n) is 17.7. The van der Waals surface area contributed by atoms with Crippen LogP contribution in [0.5, 0.6) is 5.75 Å². The number of guanidine groups is 1. The van der Waals surface area contributed by atoms with E-state index in [4.69, 9.17) is 4.74 Å². The highest BCUT2D eigenvalue weighted by Gasteiger charge is 2.23. The van der Waals surface area contributed by atoms with Crippen molar-refractivity contribution in [3.05, 3.63) is 45.9 Å². The van der Waals surface area contributed by atoms with Gasteiger partial charge in [-0.25, -0.2) is 9.98 Å². The molecule has 1 aromatic heterocycles. The van der Waals surface area contributed by atoms with E-state index in [0.29, 0.717) is 18.3 Å². The molecule has 0 aliphatic heterocycles. The van der Waals surface area contributed by atoms with Gasteiger partial charge in [-0.2, -0.15) is 0 Å². The van der Waals surface area contributed by atoms with Crippen molar-refractivity contribution in [2.75, 3.05) is 19.7 Å². The Morgan fingerprint density at radius 3 is 2.70 bits per heavy atom. The fraction of sp³-hybridized carbons (Fsp3) is 0.500. The average Bonchev–Trinajstić information content (AvgIpc) is 3.45. The minimum atomic E-state index is -0.0512. The number of hydrogen-bond acceptors (Lipinski definition) is 5. The highest BCUT2D eigenvalue weighted by Crippen LogP contribution is 2.18. The lowest BCUT2D eigenvalue weighted by Crippen LogP contribution is -2.38. The van der Waals surface area contributed by atoms with Crippen molar-refractivity contribution in [3.63, 3.8) is 0 Å². The lowest BCUT2D eigenvalue weighted by atomic mass is 10.1. The normalized spacial score (nSPS) is 13.7. The zero-order valence-corrected chi connectivity index (χ0v) is 18.6. The van der Waals surface area contributed by atoms with Gasteiger partial charge in [0.2, 0.25) is 0 Å². The van der Waals surface area contributed by atoms with Gasteiger partial charge in [0, 0.05) is 30.2 Å². The third kappa shape index (κ3) is 7.67. The second-order valence-corrected chi connectivity index (χ2v) is 8.42. The van der Waals surface area contributed by atoms with Gasteiger partial charge in [-0.3, -0.25) is 4.79 Å². The van der Waals surface area contributed by atoms with Crippen LogP contribution in [0.3, 0.4) is 0 Å². The number of nitrogens with zero attached hydrogens (tertiary/aromatic N) is 2. The monoisotopic (exact) mass is 429 g/mol. The maximum Gasteiger partial charge on any atom is 0.258 e. The van der Waals surface area contributed by atoms with Crippen LogP contribution in [0.4, 0.5) is 0 Å². The number of rotatable bonds is 11. The summed E-state index contributed by atoms with van der Waals surface area (Å²) in [6, 6.07) is 8.24. The molecule has 162 valence electrons. The largest absolute Gasteiger partial charge is 0.484 e. The van der Waals surface area contributed by atoms with Crippen molar-refractivity contribution < 1.29 is 9.53 Å². The number of benzene rings is 1. The lowest BCUT2D eigenvalue weighted by molar-refractivity contribution is -0.123. The van der Waals surface area contributed by atoms with E-state index in [0.717, 1.165) is 49.7 Å². The van der Waals surface area contributed by atoms with E-state index < -0.39 is 0 Å². The Kier molecular flexibility index (Phi) is 8.50. The number of nitrogens with one attached hydrogen (secondary N) is 3. The molecular formula is C22H31N5O2S. The van der Waals surface area contributed by atoms with Gasteiger partial charge in [0.1, 0.15) is 10.8 Å². The molecule has 0 unspecified atom stereocenters. The Hall–Kier alpha value is -2.61. The minimum Gasteiger partial charge on any atom is -0.484 e. The first-order valence-electron chi connectivity index (χ1n) is 10.6. The van der Waals surface area contributed by atoms with Crippen LogP contribution < -0.4 is 20.7 Å². The summed E-state index contributed by atoms with van der Waals surface area (Å²) in [6.45, 7) is 6.42. The van der Waals surface area contributed by atoms with Crippen LogP contribution in [-0.4, -0.2) is 42.6 Å². The SMILES string of the molecule is CCNC(=NCc1ncc(CC)s1)NCCc1ccc(OCC(=O)NC2CC2)cc1. The quantitative estimate of drug-likeness (QED) is 0.378. The van der Waals surface area contributed by atoms with E-state index in [-0.39, 0.29) is 12.5 Å². The molecule has 0 bridgehead atoms. The van der Waals surface area contributed by atoms with Crippen molar-refractivity contribution in [2.45, 2.75) is 52.1 Å². The molecule has 0 radical (unpaired) electrons. The minimum absolute atomic E-state index is 0.0512. The molecule has 0 spiro atoms. The van der Waals surface area contributed by atoms with Crippen molar-refractivity contribution >= 4 is 23.2 Å². The molecule has 1 aliphatic carbocycles. The summed E-state index contributed by atoms with van der Waals surface area (Å²) in [5.41, 5.74) is 1.20. The van der Waals surface area contributed by atoms with E-state index in [9.17, 15) is 4.79 Å². The standard InChI is InChI=1S/C22H31N5O2S/c1-3-19-13-25-21(30-19)14-26-22(23-4-2)24-12-11-16-5-9-18(10-6-16)29-15-20(28)27-17-7-8-17/h5-6,9-10,13,17H,3-4,7-8,11-12,14-15H2,1-2H3,(H,27,28)(H2,23,24,26). The van der Waals surface area contributed by atoms with Gasteiger partial charge in [-0.15, -0.1) is 11.3 Å². The molecule has 1 heterocycles. The molecule has 3 N–H and O–H groups in total. The molecule has 1 saturated carbocycles. The summed E-state index contributed by atoms with van der Waals surface area (Å²) in [7, 11) is 0. The molecule has 30 heavy (non-hydrogen) atoms. The van der Waals surface area contributed by atoms with Crippen LogP contribution >= 0.6 is 11.3 Å². The van der Waals surface area contributed by atoms with Crippen molar-refractivity contribution in [1.29, 1.82) is 0 Å². The van der Waals surface area contributed by atoms with Crippen LogP contribution in [0.2, 0.25) is 0 Å². The van der Waals surface area contributed by atoms with Crippen LogP contribution in [-0.2, 0) is 24.2 Å². The van der Waals surface area contributed by atoms with E-state index in [1.165, 1.54) is 10.4 Å². The molecule has 1 fully saturated rings. The molecule has 0 atom stereocenters. The maximum atomic E-state index is 11.7. The highest BCUT2D eigenvalue weighted by atomic mass is 32.1. The van der Waals surface area contributed by atoms with Gasteiger partial charge >= 0.3 is 0 Å². The first-order chi connectivity index (χ1) is 14.7. The highest BCUT2D eigenvalue weighted by molar-refractivity contribution is 7.11. The van der Waals surface area contributed by atoms with Crippen LogP contribution in [0.1, 0.15) is 42.1 Å². The van der Waals surface area contributed by atoms with Gasteiger partial charge in [-0.05, 0) is 50.3 Å². The van der Waals surface area contributed by atoms with E-state index in [1.54, 1.807) is 11.3 Å². The molecule has 1 amide bonds. The van der Waals surface area contributed by atoms with Crippen molar-refractivity contribution in [3.8, 4) is 5.75 Å². The number of aromatic nitrogens is 1. The number of carbonyl (C=O) groups excluding carboxylic acids is 1. The number of thiazole rings is 1. The van der Waals surface area contributed by atoms with Gasteiger partial charge < -0.3 is 20.7 Å². The molecule has 3 rings (SSSR count). The Bertz CT molecular complexity index is 830. The number of aryl methyl sites for hydroxylation is 1. The Morgan fingerprint density at radius 1 is 1.23 bits per heavy atom. The number of aliphatic imine (C=N–C) groups is 1. The smallest absolute Gasteiger partial charge is 0.258 e. The summed E-state index contributed by atoms with van der Waals surface area (Å²) in [5.74, 6) is 1.46. The zero-order chi connectivity index (χ0) is 21.2. The molecule has 2 aromatic rings. The van der Waals surface area contributed by atoms with Gasteiger partial charge in [0.05, 0.1) is 6.54 Å². The molecular weight excluding hydrogens is 398 g/mol. The van der Waals surface area contributed by atoms with E-state index in [1.807, 2.05) is 30.5 Å². The third-order valence-electron chi connectivity index (χ3n) is 4.61. The van der Waals surface area contributed by atoms with E-state index in [2.05, 4.69) is 39.8 Å². The predicted molar refractivity (Wildman–Crippen MR) is 121 cm³/mol. The summed E-state index contributed by atoms with van der Waals surface area (Å²) in [4.78, 5) is 22.0. The second-order valence-electron chi connectivity index (χ2n) is 7.22. The number of hydrogen-bond donors (Lipinski definition) is 3. The van der Waals surface area contributed by atoms with Crippen molar-refractivity contribution in [2.24, 2.45) is 4.99 Å². The summed E-state index contributed by atoms with van der Waals surface area (Å²) < 4.78 is 5.55. The van der Waals surface area contributed by atoms with E-state index >= 15 is 0 Å².